The number of sulfone groups is 1. The highest BCUT2D eigenvalue weighted by molar-refractivity contribution is 7.91. The first-order chi connectivity index (χ1) is 19.9. The molecule has 216 valence electrons. The number of nitrogens with one attached hydrogen (secondary N) is 1. The van der Waals surface area contributed by atoms with Gasteiger partial charge in [-0.3, -0.25) is 0 Å². The number of rotatable bonds is 12. The number of benzene rings is 3. The highest BCUT2D eigenvalue weighted by atomic mass is 32.2. The van der Waals surface area contributed by atoms with Crippen molar-refractivity contribution < 1.29 is 36.5 Å². The first-order valence-corrected chi connectivity index (χ1v) is 14.7. The van der Waals surface area contributed by atoms with Gasteiger partial charge in [0.15, 0.2) is 23.0 Å². The van der Waals surface area contributed by atoms with Crippen LogP contribution in [0.5, 0.6) is 28.7 Å². The summed E-state index contributed by atoms with van der Waals surface area (Å²) in [7, 11) is -0.933. The molecular weight excluding hydrogens is 548 g/mol. The lowest BCUT2D eigenvalue weighted by atomic mass is 10.1. The van der Waals surface area contributed by atoms with E-state index in [1.54, 1.807) is 44.6 Å². The Morgan fingerprint density at radius 3 is 2.39 bits per heavy atom. The summed E-state index contributed by atoms with van der Waals surface area (Å²) in [4.78, 5) is 4.46. The number of aromatic nitrogens is 1. The van der Waals surface area contributed by atoms with Gasteiger partial charge in [-0.15, -0.1) is 0 Å². The maximum atomic E-state index is 13.8. The molecule has 0 unspecified atom stereocenters. The van der Waals surface area contributed by atoms with E-state index in [1.165, 1.54) is 12.1 Å². The summed E-state index contributed by atoms with van der Waals surface area (Å²) in [6, 6.07) is 17.3. The van der Waals surface area contributed by atoms with Gasteiger partial charge < -0.3 is 33.4 Å². The van der Waals surface area contributed by atoms with Crippen LogP contribution in [0.25, 0.3) is 11.5 Å². The van der Waals surface area contributed by atoms with E-state index in [0.717, 1.165) is 12.0 Å². The topological polar surface area (TPSA) is 118 Å². The fraction of sp³-hybridized carbons (Fsp3) is 0.300. The smallest absolute Gasteiger partial charge is 0.233 e. The van der Waals surface area contributed by atoms with Gasteiger partial charge in [0, 0.05) is 18.2 Å². The lowest BCUT2D eigenvalue weighted by Crippen LogP contribution is -2.16. The maximum absolute atomic E-state index is 13.8. The van der Waals surface area contributed by atoms with Gasteiger partial charge in [-0.25, -0.2) is 8.42 Å². The minimum Gasteiger partial charge on any atom is -0.494 e. The summed E-state index contributed by atoms with van der Waals surface area (Å²) in [6.07, 6.45) is 1.45. The van der Waals surface area contributed by atoms with Crippen molar-refractivity contribution in [3.8, 4) is 40.2 Å². The number of oxazole rings is 1. The van der Waals surface area contributed by atoms with Gasteiger partial charge in [0.1, 0.15) is 19.0 Å². The number of methoxy groups -OCH3 is 2. The largest absolute Gasteiger partial charge is 0.494 e. The van der Waals surface area contributed by atoms with Crippen molar-refractivity contribution in [1.82, 2.24) is 4.98 Å². The molecule has 4 aromatic rings. The molecule has 1 aliphatic heterocycles. The van der Waals surface area contributed by atoms with Crippen LogP contribution in [0, 0.1) is 0 Å². The van der Waals surface area contributed by atoms with Crippen LogP contribution in [0.4, 0.5) is 5.88 Å². The van der Waals surface area contributed by atoms with Crippen molar-refractivity contribution in [2.75, 3.05) is 45.9 Å². The van der Waals surface area contributed by atoms with E-state index >= 15 is 0 Å². The van der Waals surface area contributed by atoms with E-state index < -0.39 is 9.84 Å². The molecule has 1 aromatic heterocycles. The minimum absolute atomic E-state index is 0.0212. The van der Waals surface area contributed by atoms with E-state index in [1.807, 2.05) is 25.1 Å². The van der Waals surface area contributed by atoms with E-state index in [2.05, 4.69) is 10.3 Å². The third-order valence-electron chi connectivity index (χ3n) is 6.40. The predicted molar refractivity (Wildman–Crippen MR) is 152 cm³/mol. The first kappa shape index (κ1) is 28.2. The second kappa shape index (κ2) is 12.4. The monoisotopic (exact) mass is 580 g/mol. The summed E-state index contributed by atoms with van der Waals surface area (Å²) in [5.41, 5.74) is 1.58. The van der Waals surface area contributed by atoms with E-state index in [9.17, 15) is 8.42 Å². The molecule has 0 fully saturated rings. The molecule has 0 amide bonds. The number of fused-ring (bicyclic) bond motifs is 1. The molecule has 0 atom stereocenters. The molecule has 0 saturated carbocycles. The molecule has 10 nitrogen and oxygen atoms in total. The fourth-order valence-corrected chi connectivity index (χ4v) is 5.59. The molecule has 11 heteroatoms. The van der Waals surface area contributed by atoms with Crippen LogP contribution in [0.2, 0.25) is 0 Å². The molecule has 1 aliphatic rings. The second-order valence-corrected chi connectivity index (χ2v) is 11.1. The molecule has 1 N–H and O–H groups in total. The van der Waals surface area contributed by atoms with Crippen LogP contribution in [0.1, 0.15) is 18.9 Å². The van der Waals surface area contributed by atoms with Gasteiger partial charge in [-0.1, -0.05) is 13.0 Å². The summed E-state index contributed by atoms with van der Waals surface area (Å²) in [5, 5.41) is 2.91. The standard InChI is InChI=1S/C30H32N2O8S/c1-4-15-37-22-8-6-21(7-9-22)28-32-30(41(33,34)23-10-12-25-27(19-23)39-17-16-38-25)29(40-28)31-14-13-20-5-11-24(35-2)26(18-20)36-3/h5-12,18-19,31H,4,13-17H2,1-3H3. The zero-order valence-corrected chi connectivity index (χ0v) is 24.0. The molecule has 0 radical (unpaired) electrons. The molecular formula is C30H32N2O8S. The summed E-state index contributed by atoms with van der Waals surface area (Å²) in [5.74, 6) is 3.02. The third kappa shape index (κ3) is 6.19. The molecule has 0 saturated heterocycles. The van der Waals surface area contributed by atoms with Crippen LogP contribution in [0.15, 0.2) is 75.0 Å². The van der Waals surface area contributed by atoms with E-state index in [4.69, 9.17) is 28.1 Å². The van der Waals surface area contributed by atoms with Crippen molar-refractivity contribution in [3.05, 3.63) is 66.2 Å². The molecule has 3 aromatic carbocycles. The molecule has 0 spiro atoms. The van der Waals surface area contributed by atoms with Crippen molar-refractivity contribution >= 4 is 15.7 Å². The Balaban J connectivity index is 1.45. The number of ether oxygens (including phenoxy) is 5. The normalized spacial score (nSPS) is 12.6. The Hall–Kier alpha value is -4.38. The first-order valence-electron chi connectivity index (χ1n) is 13.3. The predicted octanol–water partition coefficient (Wildman–Crippen LogP) is 5.41. The SMILES string of the molecule is CCCOc1ccc(-c2nc(S(=O)(=O)c3ccc4c(c3)OCCO4)c(NCCc3ccc(OC)c(OC)c3)o2)cc1. The van der Waals surface area contributed by atoms with E-state index in [0.29, 0.717) is 67.1 Å². The molecule has 5 rings (SSSR count). The van der Waals surface area contributed by atoms with Crippen LogP contribution in [-0.4, -0.2) is 54.0 Å². The van der Waals surface area contributed by atoms with Crippen molar-refractivity contribution in [3.63, 3.8) is 0 Å². The Bertz CT molecular complexity index is 1600. The lowest BCUT2D eigenvalue weighted by Gasteiger charge is -2.18. The van der Waals surface area contributed by atoms with Gasteiger partial charge in [0.2, 0.25) is 26.6 Å². The van der Waals surface area contributed by atoms with Crippen LogP contribution in [-0.2, 0) is 16.3 Å². The number of nitrogens with zero attached hydrogens (tertiary/aromatic N) is 1. The minimum atomic E-state index is -4.09. The Labute approximate surface area is 239 Å². The van der Waals surface area contributed by atoms with Gasteiger partial charge in [-0.05, 0) is 66.9 Å². The Kier molecular flexibility index (Phi) is 8.53. The van der Waals surface area contributed by atoms with Crippen LogP contribution >= 0.6 is 0 Å². The summed E-state index contributed by atoms with van der Waals surface area (Å²) in [6.45, 7) is 3.75. The lowest BCUT2D eigenvalue weighted by molar-refractivity contribution is 0.171. The summed E-state index contributed by atoms with van der Waals surface area (Å²) < 4.78 is 61.2. The Morgan fingerprint density at radius 2 is 1.66 bits per heavy atom. The average molecular weight is 581 g/mol. The third-order valence-corrected chi connectivity index (χ3v) is 8.06. The van der Waals surface area contributed by atoms with Crippen molar-refractivity contribution in [2.45, 2.75) is 29.7 Å². The highest BCUT2D eigenvalue weighted by Crippen LogP contribution is 2.37. The number of anilines is 1. The maximum Gasteiger partial charge on any atom is 0.233 e. The molecule has 2 heterocycles. The van der Waals surface area contributed by atoms with Crippen LogP contribution in [0.3, 0.4) is 0 Å². The van der Waals surface area contributed by atoms with E-state index in [-0.39, 0.29) is 21.7 Å². The van der Waals surface area contributed by atoms with Gasteiger partial charge in [-0.2, -0.15) is 4.98 Å². The zero-order valence-electron chi connectivity index (χ0n) is 23.1. The zero-order chi connectivity index (χ0) is 28.8. The molecule has 41 heavy (non-hydrogen) atoms. The van der Waals surface area contributed by atoms with Crippen LogP contribution < -0.4 is 29.0 Å². The number of hydrogen-bond donors (Lipinski definition) is 1. The van der Waals surface area contributed by atoms with Gasteiger partial charge in [0.05, 0.1) is 25.7 Å². The average Bonchev–Trinajstić information content (AvgIpc) is 3.45. The fourth-order valence-electron chi connectivity index (χ4n) is 4.30. The molecule has 0 bridgehead atoms. The quantitative estimate of drug-likeness (QED) is 0.233. The summed E-state index contributed by atoms with van der Waals surface area (Å²) >= 11 is 0. The van der Waals surface area contributed by atoms with Gasteiger partial charge >= 0.3 is 0 Å². The molecule has 0 aliphatic carbocycles. The van der Waals surface area contributed by atoms with Crippen molar-refractivity contribution in [1.29, 1.82) is 0 Å². The van der Waals surface area contributed by atoms with Gasteiger partial charge in [0.25, 0.3) is 0 Å². The Morgan fingerprint density at radius 1 is 0.902 bits per heavy atom. The van der Waals surface area contributed by atoms with Crippen molar-refractivity contribution in [2.24, 2.45) is 0 Å². The second-order valence-electron chi connectivity index (χ2n) is 9.20. The number of hydrogen-bond acceptors (Lipinski definition) is 10. The highest BCUT2D eigenvalue weighted by Gasteiger charge is 2.30.